The highest BCUT2D eigenvalue weighted by Gasteiger charge is 2.27. The third-order valence-electron chi connectivity index (χ3n) is 2.15. The number of aromatic nitrogens is 2. The maximum Gasteiger partial charge on any atom is 0.411 e. The third kappa shape index (κ3) is 5.31. The van der Waals surface area contributed by atoms with Crippen molar-refractivity contribution in [1.29, 1.82) is 0 Å². The van der Waals surface area contributed by atoms with Crippen LogP contribution in [0.1, 0.15) is 30.1 Å². The molecule has 0 aliphatic carbocycles. The van der Waals surface area contributed by atoms with Gasteiger partial charge in [-0.1, -0.05) is 6.92 Å². The predicted molar refractivity (Wildman–Crippen MR) is 58.3 cm³/mol. The van der Waals surface area contributed by atoms with Gasteiger partial charge in [0.1, 0.15) is 6.61 Å². The number of hydrogen-bond donors (Lipinski definition) is 0. The van der Waals surface area contributed by atoms with Crippen molar-refractivity contribution in [2.24, 2.45) is 0 Å². The van der Waals surface area contributed by atoms with E-state index < -0.39 is 12.8 Å². The molecule has 4 nitrogen and oxygen atoms in total. The van der Waals surface area contributed by atoms with Crippen molar-refractivity contribution in [3.05, 3.63) is 18.0 Å². The van der Waals surface area contributed by atoms with Crippen molar-refractivity contribution in [2.75, 3.05) is 13.2 Å². The highest BCUT2D eigenvalue weighted by molar-refractivity contribution is 5.95. The van der Waals surface area contributed by atoms with Crippen LogP contribution in [0.3, 0.4) is 0 Å². The number of alkyl halides is 3. The lowest BCUT2D eigenvalue weighted by molar-refractivity contribution is -0.173. The predicted octanol–water partition coefficient (Wildman–Crippen LogP) is 2.44. The average Bonchev–Trinajstić information content (AvgIpc) is 2.72. The number of carbonyl (C=O) groups is 1. The fourth-order valence-electron chi connectivity index (χ4n) is 1.36. The Kier molecular flexibility index (Phi) is 5.33. The quantitative estimate of drug-likeness (QED) is 0.561. The topological polar surface area (TPSA) is 44.1 Å². The number of halogens is 3. The van der Waals surface area contributed by atoms with Crippen molar-refractivity contribution in [1.82, 2.24) is 9.78 Å². The smallest absolute Gasteiger partial charge is 0.372 e. The zero-order valence-electron chi connectivity index (χ0n) is 10.0. The molecular formula is C11H15F3N2O2. The molecule has 0 fully saturated rings. The summed E-state index contributed by atoms with van der Waals surface area (Å²) in [5.41, 5.74) is 0.402. The molecule has 0 bridgehead atoms. The second kappa shape index (κ2) is 6.53. The van der Waals surface area contributed by atoms with Gasteiger partial charge in [0.2, 0.25) is 0 Å². The normalized spacial score (nSPS) is 11.8. The number of aryl methyl sites for hydroxylation is 1. The molecule has 0 aromatic carbocycles. The summed E-state index contributed by atoms with van der Waals surface area (Å²) in [6, 6.07) is 0. The van der Waals surface area contributed by atoms with Crippen molar-refractivity contribution >= 4 is 5.78 Å². The summed E-state index contributed by atoms with van der Waals surface area (Å²) >= 11 is 0. The second-order valence-electron chi connectivity index (χ2n) is 3.83. The molecule has 0 amide bonds. The summed E-state index contributed by atoms with van der Waals surface area (Å²) in [7, 11) is 0. The van der Waals surface area contributed by atoms with Crippen LogP contribution in [0.4, 0.5) is 13.2 Å². The Hall–Kier alpha value is -1.37. The van der Waals surface area contributed by atoms with Gasteiger partial charge >= 0.3 is 6.18 Å². The van der Waals surface area contributed by atoms with E-state index in [1.165, 1.54) is 6.20 Å². The fourth-order valence-corrected chi connectivity index (χ4v) is 1.36. The molecule has 1 aromatic rings. The van der Waals surface area contributed by atoms with Gasteiger partial charge in [-0.3, -0.25) is 9.48 Å². The fraction of sp³-hybridized carbons (Fsp3) is 0.636. The van der Waals surface area contributed by atoms with E-state index in [9.17, 15) is 18.0 Å². The van der Waals surface area contributed by atoms with Crippen molar-refractivity contribution in [3.8, 4) is 0 Å². The molecule has 0 unspecified atom stereocenters. The molecule has 0 N–H and O–H groups in total. The Morgan fingerprint density at radius 2 is 2.22 bits per heavy atom. The van der Waals surface area contributed by atoms with Crippen LogP contribution in [0.15, 0.2) is 12.4 Å². The minimum atomic E-state index is -4.35. The lowest BCUT2D eigenvalue weighted by Crippen LogP contribution is -2.18. The molecule has 7 heteroatoms. The summed E-state index contributed by atoms with van der Waals surface area (Å²) in [6.07, 6.45) is -0.524. The van der Waals surface area contributed by atoms with Gasteiger partial charge in [0.05, 0.1) is 18.4 Å². The lowest BCUT2D eigenvalue weighted by Gasteiger charge is -2.06. The standard InChI is InChI=1S/C11H15F3N2O2/c1-2-4-16-7-9(6-15-16)10(17)3-5-18-8-11(12,13)14/h6-7H,2-5,8H2,1H3. The van der Waals surface area contributed by atoms with E-state index in [2.05, 4.69) is 9.84 Å². The van der Waals surface area contributed by atoms with Gasteiger partial charge in [-0.15, -0.1) is 0 Å². The Morgan fingerprint density at radius 3 is 2.83 bits per heavy atom. The summed E-state index contributed by atoms with van der Waals surface area (Å²) in [5, 5.41) is 3.97. The molecule has 0 aliphatic rings. The van der Waals surface area contributed by atoms with E-state index in [4.69, 9.17) is 0 Å². The Labute approximate surface area is 103 Å². The van der Waals surface area contributed by atoms with E-state index in [1.54, 1.807) is 10.9 Å². The van der Waals surface area contributed by atoms with E-state index in [0.29, 0.717) is 12.1 Å². The molecule has 0 spiro atoms. The number of rotatable bonds is 7. The number of carbonyl (C=O) groups excluding carboxylic acids is 1. The third-order valence-corrected chi connectivity index (χ3v) is 2.15. The van der Waals surface area contributed by atoms with Gasteiger partial charge in [0.15, 0.2) is 5.78 Å². The summed E-state index contributed by atoms with van der Waals surface area (Å²) < 4.78 is 41.3. The van der Waals surface area contributed by atoms with E-state index in [0.717, 1.165) is 6.42 Å². The van der Waals surface area contributed by atoms with Crippen LogP contribution in [0.25, 0.3) is 0 Å². The first-order valence-corrected chi connectivity index (χ1v) is 5.62. The van der Waals surface area contributed by atoms with Crippen molar-refractivity contribution in [3.63, 3.8) is 0 Å². The van der Waals surface area contributed by atoms with Crippen LogP contribution in [0.2, 0.25) is 0 Å². The second-order valence-corrected chi connectivity index (χ2v) is 3.83. The van der Waals surface area contributed by atoms with Crippen LogP contribution < -0.4 is 0 Å². The largest absolute Gasteiger partial charge is 0.411 e. The SMILES string of the molecule is CCCn1cc(C(=O)CCOCC(F)(F)F)cn1. The van der Waals surface area contributed by atoms with E-state index in [-0.39, 0.29) is 18.8 Å². The molecule has 0 radical (unpaired) electrons. The van der Waals surface area contributed by atoms with Gasteiger partial charge in [0.25, 0.3) is 0 Å². The van der Waals surface area contributed by atoms with Crippen LogP contribution in [-0.2, 0) is 11.3 Å². The maximum absolute atomic E-state index is 11.8. The number of hydrogen-bond acceptors (Lipinski definition) is 3. The Bertz CT molecular complexity index is 388. The first-order valence-electron chi connectivity index (χ1n) is 5.62. The number of ether oxygens (including phenoxy) is 1. The molecule has 1 rings (SSSR count). The van der Waals surface area contributed by atoms with Crippen molar-refractivity contribution < 1.29 is 22.7 Å². The monoisotopic (exact) mass is 264 g/mol. The van der Waals surface area contributed by atoms with Gasteiger partial charge in [-0.05, 0) is 6.42 Å². The van der Waals surface area contributed by atoms with Crippen molar-refractivity contribution in [2.45, 2.75) is 32.5 Å². The lowest BCUT2D eigenvalue weighted by atomic mass is 10.2. The minimum absolute atomic E-state index is 0.0755. The first kappa shape index (κ1) is 14.7. The van der Waals surface area contributed by atoms with Gasteiger partial charge < -0.3 is 4.74 Å². The zero-order chi connectivity index (χ0) is 13.6. The number of nitrogens with zero attached hydrogens (tertiary/aromatic N) is 2. The summed E-state index contributed by atoms with van der Waals surface area (Å²) in [4.78, 5) is 11.6. The van der Waals surface area contributed by atoms with Crippen LogP contribution in [-0.4, -0.2) is 35.0 Å². The van der Waals surface area contributed by atoms with E-state index >= 15 is 0 Å². The molecular weight excluding hydrogens is 249 g/mol. The molecule has 1 aromatic heterocycles. The molecule has 0 saturated heterocycles. The number of Topliss-reactive ketones (excluding diaryl/α,β-unsaturated/α-hetero) is 1. The summed E-state index contributed by atoms with van der Waals surface area (Å²) in [6.45, 7) is 1.12. The minimum Gasteiger partial charge on any atom is -0.372 e. The van der Waals surface area contributed by atoms with Crippen LogP contribution in [0, 0.1) is 0 Å². The molecule has 0 atom stereocenters. The Balaban J connectivity index is 2.31. The molecule has 0 saturated carbocycles. The molecule has 1 heterocycles. The number of ketones is 1. The van der Waals surface area contributed by atoms with Gasteiger partial charge in [0, 0.05) is 19.2 Å². The van der Waals surface area contributed by atoms with E-state index in [1.807, 2.05) is 6.92 Å². The zero-order valence-corrected chi connectivity index (χ0v) is 10.0. The molecule has 102 valence electrons. The highest BCUT2D eigenvalue weighted by Crippen LogP contribution is 2.14. The average molecular weight is 264 g/mol. The highest BCUT2D eigenvalue weighted by atomic mass is 19.4. The summed E-state index contributed by atoms with van der Waals surface area (Å²) in [5.74, 6) is -0.264. The van der Waals surface area contributed by atoms with Gasteiger partial charge in [-0.2, -0.15) is 18.3 Å². The van der Waals surface area contributed by atoms with Crippen LogP contribution in [0.5, 0.6) is 0 Å². The van der Waals surface area contributed by atoms with Gasteiger partial charge in [-0.25, -0.2) is 0 Å². The van der Waals surface area contributed by atoms with Crippen LogP contribution >= 0.6 is 0 Å². The first-order chi connectivity index (χ1) is 8.42. The maximum atomic E-state index is 11.8. The molecule has 0 aliphatic heterocycles. The Morgan fingerprint density at radius 1 is 1.50 bits per heavy atom. The molecule has 18 heavy (non-hydrogen) atoms.